The molecule has 72 valence electrons. The molecule has 13 heavy (non-hydrogen) atoms. The molecular weight excluding hydrogens is 301 g/mol. The van der Waals surface area contributed by atoms with Crippen molar-refractivity contribution in [2.45, 2.75) is 4.90 Å². The van der Waals surface area contributed by atoms with Gasteiger partial charge in [0.1, 0.15) is 0 Å². The predicted molar refractivity (Wildman–Crippen MR) is 61.8 cm³/mol. The van der Waals surface area contributed by atoms with Crippen LogP contribution in [0.2, 0.25) is 0 Å². The van der Waals surface area contributed by atoms with Crippen LogP contribution < -0.4 is 5.32 Å². The van der Waals surface area contributed by atoms with E-state index in [2.05, 4.69) is 27.9 Å². The lowest BCUT2D eigenvalue weighted by molar-refractivity contribution is 0.602. The molecule has 0 unspecified atom stereocenters. The smallest absolute Gasteiger partial charge is 0.177 e. The van der Waals surface area contributed by atoms with Crippen molar-refractivity contribution in [3.63, 3.8) is 0 Å². The average Bonchev–Trinajstić information content (AvgIpc) is 2.03. The van der Waals surface area contributed by atoms with Crippen LogP contribution >= 0.6 is 22.6 Å². The lowest BCUT2D eigenvalue weighted by atomic mass is 10.3. The third-order valence-corrected chi connectivity index (χ3v) is 3.42. The molecular formula is C8H10INO2S. The topological polar surface area (TPSA) is 46.2 Å². The van der Waals surface area contributed by atoms with Gasteiger partial charge in [-0.1, -0.05) is 0 Å². The van der Waals surface area contributed by atoms with E-state index in [0.29, 0.717) is 10.6 Å². The fourth-order valence-electron chi connectivity index (χ4n) is 1.01. The standard InChI is InChI=1S/C8H10INO2S/c1-10-7-4-3-6(9)5-8(7)13(2,11)12/h3-5,10H,1-2H3. The van der Waals surface area contributed by atoms with Gasteiger partial charge in [0.25, 0.3) is 0 Å². The number of sulfone groups is 1. The fourth-order valence-corrected chi connectivity index (χ4v) is 2.62. The van der Waals surface area contributed by atoms with Crippen molar-refractivity contribution in [2.24, 2.45) is 0 Å². The summed E-state index contributed by atoms with van der Waals surface area (Å²) in [5.41, 5.74) is 0.642. The first kappa shape index (κ1) is 10.8. The summed E-state index contributed by atoms with van der Waals surface area (Å²) in [6.07, 6.45) is 1.21. The molecule has 1 aromatic carbocycles. The quantitative estimate of drug-likeness (QED) is 0.846. The fraction of sp³-hybridized carbons (Fsp3) is 0.250. The van der Waals surface area contributed by atoms with Crippen LogP contribution in [0.4, 0.5) is 5.69 Å². The van der Waals surface area contributed by atoms with Crippen molar-refractivity contribution >= 4 is 38.1 Å². The first-order valence-electron chi connectivity index (χ1n) is 3.62. The van der Waals surface area contributed by atoms with Crippen LogP contribution in [-0.4, -0.2) is 21.7 Å². The molecule has 3 nitrogen and oxygen atoms in total. The van der Waals surface area contributed by atoms with Gasteiger partial charge in [-0.15, -0.1) is 0 Å². The van der Waals surface area contributed by atoms with Crippen LogP contribution in [0.1, 0.15) is 0 Å². The molecule has 0 aliphatic rings. The molecule has 0 spiro atoms. The maximum absolute atomic E-state index is 11.3. The molecule has 1 aromatic rings. The summed E-state index contributed by atoms with van der Waals surface area (Å²) in [5, 5.41) is 2.85. The lowest BCUT2D eigenvalue weighted by Gasteiger charge is -2.07. The summed E-state index contributed by atoms with van der Waals surface area (Å²) >= 11 is 2.09. The Balaban J connectivity index is 3.41. The highest BCUT2D eigenvalue weighted by Crippen LogP contribution is 2.22. The van der Waals surface area contributed by atoms with Gasteiger partial charge in [-0.05, 0) is 40.8 Å². The number of hydrogen-bond donors (Lipinski definition) is 1. The van der Waals surface area contributed by atoms with Crippen molar-refractivity contribution in [3.05, 3.63) is 21.8 Å². The highest BCUT2D eigenvalue weighted by Gasteiger charge is 2.12. The third-order valence-electron chi connectivity index (χ3n) is 1.61. The van der Waals surface area contributed by atoms with Crippen LogP contribution in [0.15, 0.2) is 23.1 Å². The normalized spacial score (nSPS) is 11.3. The van der Waals surface area contributed by atoms with Gasteiger partial charge in [0.2, 0.25) is 0 Å². The lowest BCUT2D eigenvalue weighted by Crippen LogP contribution is -2.02. The van der Waals surface area contributed by atoms with Crippen molar-refractivity contribution in [1.29, 1.82) is 0 Å². The summed E-state index contributed by atoms with van der Waals surface area (Å²) in [5.74, 6) is 0. The van der Waals surface area contributed by atoms with Crippen LogP contribution in [0.25, 0.3) is 0 Å². The van der Waals surface area contributed by atoms with E-state index < -0.39 is 9.84 Å². The molecule has 0 aliphatic heterocycles. The van der Waals surface area contributed by atoms with Gasteiger partial charge >= 0.3 is 0 Å². The average molecular weight is 311 g/mol. The Morgan fingerprint density at radius 1 is 1.38 bits per heavy atom. The minimum absolute atomic E-state index is 0.349. The van der Waals surface area contributed by atoms with Gasteiger partial charge in [0, 0.05) is 16.9 Å². The Kier molecular flexibility index (Phi) is 3.18. The molecule has 0 amide bonds. The van der Waals surface area contributed by atoms with Crippen LogP contribution in [0.5, 0.6) is 0 Å². The highest BCUT2D eigenvalue weighted by molar-refractivity contribution is 14.1. The molecule has 0 aromatic heterocycles. The minimum Gasteiger partial charge on any atom is -0.387 e. The van der Waals surface area contributed by atoms with E-state index in [-0.39, 0.29) is 0 Å². The molecule has 1 rings (SSSR count). The monoisotopic (exact) mass is 311 g/mol. The van der Waals surface area contributed by atoms with E-state index in [4.69, 9.17) is 0 Å². The number of halogens is 1. The molecule has 0 saturated carbocycles. The molecule has 0 bridgehead atoms. The maximum Gasteiger partial charge on any atom is 0.177 e. The molecule has 5 heteroatoms. The van der Waals surface area contributed by atoms with E-state index in [1.165, 1.54) is 6.26 Å². The number of rotatable bonds is 2. The summed E-state index contributed by atoms with van der Waals surface area (Å²) in [6.45, 7) is 0. The van der Waals surface area contributed by atoms with Gasteiger partial charge in [-0.2, -0.15) is 0 Å². The van der Waals surface area contributed by atoms with E-state index >= 15 is 0 Å². The van der Waals surface area contributed by atoms with Crippen LogP contribution in [0.3, 0.4) is 0 Å². The number of hydrogen-bond acceptors (Lipinski definition) is 3. The van der Waals surface area contributed by atoms with Crippen molar-refractivity contribution in [3.8, 4) is 0 Å². The summed E-state index contributed by atoms with van der Waals surface area (Å²) in [7, 11) is -1.43. The molecule has 0 aliphatic carbocycles. The first-order chi connectivity index (χ1) is 5.95. The largest absolute Gasteiger partial charge is 0.387 e. The van der Waals surface area contributed by atoms with Gasteiger partial charge in [-0.25, -0.2) is 8.42 Å². The second kappa shape index (κ2) is 3.83. The van der Waals surface area contributed by atoms with Crippen molar-refractivity contribution in [2.75, 3.05) is 18.6 Å². The number of nitrogens with one attached hydrogen (secondary N) is 1. The van der Waals surface area contributed by atoms with Gasteiger partial charge < -0.3 is 5.32 Å². The van der Waals surface area contributed by atoms with Crippen LogP contribution in [-0.2, 0) is 9.84 Å². The summed E-state index contributed by atoms with van der Waals surface area (Å²) in [6, 6.07) is 5.28. The van der Waals surface area contributed by atoms with E-state index in [0.717, 1.165) is 3.57 Å². The summed E-state index contributed by atoms with van der Waals surface area (Å²) < 4.78 is 23.6. The molecule has 0 heterocycles. The number of anilines is 1. The Hall–Kier alpha value is -0.300. The maximum atomic E-state index is 11.3. The zero-order chi connectivity index (χ0) is 10.1. The molecule has 0 radical (unpaired) electrons. The van der Waals surface area contributed by atoms with E-state index in [1.807, 2.05) is 6.07 Å². The Bertz CT molecular complexity index is 414. The number of benzene rings is 1. The minimum atomic E-state index is -3.14. The van der Waals surface area contributed by atoms with E-state index in [1.54, 1.807) is 19.2 Å². The second-order valence-corrected chi connectivity index (χ2v) is 5.89. The van der Waals surface area contributed by atoms with Crippen LogP contribution in [0, 0.1) is 3.57 Å². The molecule has 0 fully saturated rings. The third kappa shape index (κ3) is 2.57. The Morgan fingerprint density at radius 2 is 2.00 bits per heavy atom. The van der Waals surface area contributed by atoms with Crippen molar-refractivity contribution < 1.29 is 8.42 Å². The molecule has 1 N–H and O–H groups in total. The highest BCUT2D eigenvalue weighted by atomic mass is 127. The van der Waals surface area contributed by atoms with Crippen molar-refractivity contribution in [1.82, 2.24) is 0 Å². The Labute approximate surface area is 91.6 Å². The van der Waals surface area contributed by atoms with Gasteiger partial charge in [0.15, 0.2) is 9.84 Å². The second-order valence-electron chi connectivity index (χ2n) is 2.66. The van der Waals surface area contributed by atoms with Gasteiger partial charge in [-0.3, -0.25) is 0 Å². The molecule has 0 saturated heterocycles. The van der Waals surface area contributed by atoms with E-state index in [9.17, 15) is 8.42 Å². The SMILES string of the molecule is CNc1ccc(I)cc1S(C)(=O)=O. The Morgan fingerprint density at radius 3 is 2.46 bits per heavy atom. The predicted octanol–water partition coefficient (Wildman–Crippen LogP) is 1.74. The summed E-state index contributed by atoms with van der Waals surface area (Å²) in [4.78, 5) is 0.349. The van der Waals surface area contributed by atoms with Gasteiger partial charge in [0.05, 0.1) is 10.6 Å². The molecule has 0 atom stereocenters. The zero-order valence-electron chi connectivity index (χ0n) is 7.33. The zero-order valence-corrected chi connectivity index (χ0v) is 10.3. The first-order valence-corrected chi connectivity index (χ1v) is 6.59.